The Labute approximate surface area is 109 Å². The number of benzene rings is 1. The van der Waals surface area contributed by atoms with Crippen molar-refractivity contribution >= 4 is 11.6 Å². The molecule has 1 saturated carbocycles. The summed E-state index contributed by atoms with van der Waals surface area (Å²) in [7, 11) is 0. The number of anilines is 1. The van der Waals surface area contributed by atoms with E-state index in [9.17, 15) is 4.79 Å². The van der Waals surface area contributed by atoms with Crippen LogP contribution in [0.15, 0.2) is 18.2 Å². The maximum Gasteiger partial charge on any atom is 0.227 e. The van der Waals surface area contributed by atoms with Crippen molar-refractivity contribution in [3.63, 3.8) is 0 Å². The number of hydrogen-bond donors (Lipinski definition) is 0. The van der Waals surface area contributed by atoms with Gasteiger partial charge in [0.2, 0.25) is 5.91 Å². The predicted octanol–water partition coefficient (Wildman–Crippen LogP) is 3.33. The zero-order valence-electron chi connectivity index (χ0n) is 11.3. The molecular formula is C16H21NO. The number of hydrogen-bond acceptors (Lipinski definition) is 1. The van der Waals surface area contributed by atoms with Crippen LogP contribution >= 0.6 is 0 Å². The van der Waals surface area contributed by atoms with Gasteiger partial charge in [-0.1, -0.05) is 18.2 Å². The second kappa shape index (κ2) is 4.42. The summed E-state index contributed by atoms with van der Waals surface area (Å²) in [6.45, 7) is 4.22. The van der Waals surface area contributed by atoms with Crippen LogP contribution in [0.5, 0.6) is 0 Å². The van der Waals surface area contributed by atoms with Crippen molar-refractivity contribution in [2.24, 2.45) is 5.92 Å². The van der Waals surface area contributed by atoms with Crippen LogP contribution in [-0.2, 0) is 17.6 Å². The normalized spacial score (nSPS) is 19.3. The minimum absolute atomic E-state index is 0.261. The smallest absolute Gasteiger partial charge is 0.227 e. The average molecular weight is 243 g/mol. The largest absolute Gasteiger partial charge is 0.309 e. The molecule has 1 aromatic rings. The summed E-state index contributed by atoms with van der Waals surface area (Å²) in [4.78, 5) is 14.2. The summed E-state index contributed by atoms with van der Waals surface area (Å²) < 4.78 is 0. The van der Waals surface area contributed by atoms with Crippen LogP contribution in [0.1, 0.15) is 44.2 Å². The zero-order valence-corrected chi connectivity index (χ0v) is 11.3. The van der Waals surface area contributed by atoms with E-state index in [1.165, 1.54) is 29.7 Å². The number of aryl methyl sites for hydroxylation is 1. The first-order valence-corrected chi connectivity index (χ1v) is 7.09. The number of amides is 1. The maximum atomic E-state index is 12.2. The summed E-state index contributed by atoms with van der Waals surface area (Å²) >= 11 is 0. The molecule has 96 valence electrons. The molecule has 1 aliphatic heterocycles. The molecule has 1 amide bonds. The van der Waals surface area contributed by atoms with Gasteiger partial charge in [0.1, 0.15) is 0 Å². The van der Waals surface area contributed by atoms with Crippen LogP contribution in [0.25, 0.3) is 0 Å². The van der Waals surface area contributed by atoms with Gasteiger partial charge in [-0.15, -0.1) is 0 Å². The summed E-state index contributed by atoms with van der Waals surface area (Å²) in [5.74, 6) is 1.16. The fraction of sp³-hybridized carbons (Fsp3) is 0.562. The molecule has 0 saturated heterocycles. The van der Waals surface area contributed by atoms with Gasteiger partial charge in [-0.2, -0.15) is 0 Å². The molecule has 1 aromatic carbocycles. The minimum Gasteiger partial charge on any atom is -0.309 e. The van der Waals surface area contributed by atoms with Gasteiger partial charge >= 0.3 is 0 Å². The number of nitrogens with zero attached hydrogens (tertiary/aromatic N) is 1. The van der Waals surface area contributed by atoms with Gasteiger partial charge in [0.25, 0.3) is 0 Å². The number of rotatable bonds is 3. The lowest BCUT2D eigenvalue weighted by atomic mass is 9.94. The highest BCUT2D eigenvalue weighted by Gasteiger charge is 2.30. The molecule has 0 bridgehead atoms. The van der Waals surface area contributed by atoms with E-state index in [-0.39, 0.29) is 6.04 Å². The van der Waals surface area contributed by atoms with E-state index in [1.54, 1.807) is 0 Å². The van der Waals surface area contributed by atoms with E-state index in [0.717, 1.165) is 18.8 Å². The summed E-state index contributed by atoms with van der Waals surface area (Å²) in [6, 6.07) is 6.82. The standard InChI is InChI=1S/C16H21NO/c1-11(2)17-15(18)9-8-13-4-3-5-14(16(13)17)10-12-6-7-12/h3-5,11-12H,6-10H2,1-2H3. The Hall–Kier alpha value is -1.31. The lowest BCUT2D eigenvalue weighted by Crippen LogP contribution is -2.41. The van der Waals surface area contributed by atoms with Crippen molar-refractivity contribution in [1.82, 2.24) is 0 Å². The highest BCUT2D eigenvalue weighted by molar-refractivity contribution is 5.97. The lowest BCUT2D eigenvalue weighted by molar-refractivity contribution is -0.119. The van der Waals surface area contributed by atoms with Crippen LogP contribution in [0.3, 0.4) is 0 Å². The second-order valence-corrected chi connectivity index (χ2v) is 5.93. The van der Waals surface area contributed by atoms with E-state index in [2.05, 4.69) is 32.0 Å². The van der Waals surface area contributed by atoms with Gasteiger partial charge in [0, 0.05) is 12.5 Å². The molecule has 0 atom stereocenters. The van der Waals surface area contributed by atoms with Gasteiger partial charge < -0.3 is 4.90 Å². The summed E-state index contributed by atoms with van der Waals surface area (Å²) in [5.41, 5.74) is 3.98. The van der Waals surface area contributed by atoms with Gasteiger partial charge in [0.05, 0.1) is 5.69 Å². The van der Waals surface area contributed by atoms with Crippen LogP contribution in [0.4, 0.5) is 5.69 Å². The third kappa shape index (κ3) is 2.05. The Balaban J connectivity index is 2.04. The number of para-hydroxylation sites is 1. The molecule has 1 heterocycles. The Bertz CT molecular complexity index is 474. The molecule has 0 aromatic heterocycles. The van der Waals surface area contributed by atoms with E-state index in [1.807, 2.05) is 4.90 Å². The molecule has 3 rings (SSSR count). The van der Waals surface area contributed by atoms with Crippen molar-refractivity contribution in [3.05, 3.63) is 29.3 Å². The van der Waals surface area contributed by atoms with E-state index >= 15 is 0 Å². The summed E-state index contributed by atoms with van der Waals surface area (Å²) in [5, 5.41) is 0. The van der Waals surface area contributed by atoms with Gasteiger partial charge in [-0.05, 0) is 56.6 Å². The van der Waals surface area contributed by atoms with Crippen molar-refractivity contribution < 1.29 is 4.79 Å². The Morgan fingerprint density at radius 3 is 2.72 bits per heavy atom. The fourth-order valence-electron chi connectivity index (χ4n) is 2.99. The number of fused-ring (bicyclic) bond motifs is 1. The Morgan fingerprint density at radius 1 is 1.28 bits per heavy atom. The molecule has 2 heteroatoms. The molecule has 2 aliphatic rings. The molecule has 0 radical (unpaired) electrons. The predicted molar refractivity (Wildman–Crippen MR) is 73.8 cm³/mol. The van der Waals surface area contributed by atoms with Crippen LogP contribution in [0, 0.1) is 5.92 Å². The van der Waals surface area contributed by atoms with Crippen LogP contribution < -0.4 is 4.90 Å². The first-order chi connectivity index (χ1) is 8.66. The quantitative estimate of drug-likeness (QED) is 0.797. The highest BCUT2D eigenvalue weighted by atomic mass is 16.2. The molecule has 0 spiro atoms. The number of carbonyl (C=O) groups is 1. The van der Waals surface area contributed by atoms with Crippen LogP contribution in [-0.4, -0.2) is 11.9 Å². The van der Waals surface area contributed by atoms with Gasteiger partial charge in [-0.3, -0.25) is 4.79 Å². The monoisotopic (exact) mass is 243 g/mol. The SMILES string of the molecule is CC(C)N1C(=O)CCc2cccc(CC3CC3)c21. The second-order valence-electron chi connectivity index (χ2n) is 5.93. The van der Waals surface area contributed by atoms with E-state index in [4.69, 9.17) is 0 Å². The molecular weight excluding hydrogens is 222 g/mol. The zero-order chi connectivity index (χ0) is 12.7. The van der Waals surface area contributed by atoms with Gasteiger partial charge in [-0.25, -0.2) is 0 Å². The van der Waals surface area contributed by atoms with Crippen molar-refractivity contribution in [3.8, 4) is 0 Å². The maximum absolute atomic E-state index is 12.2. The first-order valence-electron chi connectivity index (χ1n) is 7.09. The lowest BCUT2D eigenvalue weighted by Gasteiger charge is -2.34. The van der Waals surface area contributed by atoms with Gasteiger partial charge in [0.15, 0.2) is 0 Å². The molecule has 2 nitrogen and oxygen atoms in total. The Morgan fingerprint density at radius 2 is 2.06 bits per heavy atom. The minimum atomic E-state index is 0.261. The molecule has 0 unspecified atom stereocenters. The van der Waals surface area contributed by atoms with Crippen molar-refractivity contribution in [2.45, 2.75) is 52.0 Å². The molecule has 1 fully saturated rings. The van der Waals surface area contributed by atoms with Crippen molar-refractivity contribution in [2.75, 3.05) is 4.90 Å². The Kier molecular flexibility index (Phi) is 2.89. The fourth-order valence-corrected chi connectivity index (χ4v) is 2.99. The highest BCUT2D eigenvalue weighted by Crippen LogP contribution is 2.39. The number of carbonyl (C=O) groups excluding carboxylic acids is 1. The molecule has 18 heavy (non-hydrogen) atoms. The third-order valence-corrected chi connectivity index (χ3v) is 4.04. The van der Waals surface area contributed by atoms with E-state index in [0.29, 0.717) is 12.3 Å². The van der Waals surface area contributed by atoms with E-state index < -0.39 is 0 Å². The molecule has 0 N–H and O–H groups in total. The van der Waals surface area contributed by atoms with Crippen LogP contribution in [0.2, 0.25) is 0 Å². The molecule has 1 aliphatic carbocycles. The summed E-state index contributed by atoms with van der Waals surface area (Å²) in [6.07, 6.45) is 5.45. The first kappa shape index (κ1) is 11.8. The topological polar surface area (TPSA) is 20.3 Å². The van der Waals surface area contributed by atoms with Crippen molar-refractivity contribution in [1.29, 1.82) is 0 Å². The average Bonchev–Trinajstić information content (AvgIpc) is 3.13. The third-order valence-electron chi connectivity index (χ3n) is 4.04.